The van der Waals surface area contributed by atoms with Gasteiger partial charge < -0.3 is 15.5 Å². The number of aromatic nitrogens is 4. The lowest BCUT2D eigenvalue weighted by Gasteiger charge is -2.18. The molecule has 0 bridgehead atoms. The molecule has 0 aliphatic rings. The molecule has 4 rings (SSSR count). The zero-order valence-electron chi connectivity index (χ0n) is 22.1. The van der Waals surface area contributed by atoms with Crippen LogP contribution < -0.4 is 10.6 Å². The number of hydrogen-bond acceptors (Lipinski definition) is 6. The Labute approximate surface area is 223 Å². The van der Waals surface area contributed by atoms with Gasteiger partial charge in [-0.25, -0.2) is 9.97 Å². The van der Waals surface area contributed by atoms with E-state index in [-0.39, 0.29) is 5.91 Å². The third kappa shape index (κ3) is 6.09. The van der Waals surface area contributed by atoms with Gasteiger partial charge in [-0.3, -0.25) is 9.48 Å². The Kier molecular flexibility index (Phi) is 8.41. The summed E-state index contributed by atoms with van der Waals surface area (Å²) in [6, 6.07) is 11.5. The van der Waals surface area contributed by atoms with Crippen LogP contribution >= 0.6 is 11.6 Å². The number of anilines is 1. The van der Waals surface area contributed by atoms with Crippen LogP contribution in [0.5, 0.6) is 0 Å². The third-order valence-corrected chi connectivity index (χ3v) is 6.62. The molecule has 2 heterocycles. The number of nitrogens with zero attached hydrogens (tertiary/aromatic N) is 5. The molecule has 0 aliphatic heterocycles. The number of carbonyl (C=O) groups excluding carboxylic acids is 1. The van der Waals surface area contributed by atoms with Crippen molar-refractivity contribution < 1.29 is 4.79 Å². The van der Waals surface area contributed by atoms with E-state index in [4.69, 9.17) is 21.6 Å². The number of rotatable bonds is 10. The van der Waals surface area contributed by atoms with Crippen molar-refractivity contribution >= 4 is 34.1 Å². The molecular formula is C28H34ClN7O. The lowest BCUT2D eigenvalue weighted by atomic mass is 10.1. The quantitative estimate of drug-likeness (QED) is 0.284. The van der Waals surface area contributed by atoms with Crippen molar-refractivity contribution in [3.8, 4) is 11.4 Å². The van der Waals surface area contributed by atoms with Crippen LogP contribution in [0.4, 0.5) is 5.69 Å². The molecule has 37 heavy (non-hydrogen) atoms. The molecule has 2 aromatic heterocycles. The summed E-state index contributed by atoms with van der Waals surface area (Å²) in [6.45, 7) is 9.11. The van der Waals surface area contributed by atoms with Gasteiger partial charge in [-0.05, 0) is 82.7 Å². The van der Waals surface area contributed by atoms with Crippen molar-refractivity contribution in [3.63, 3.8) is 0 Å². The first-order valence-electron chi connectivity index (χ1n) is 12.5. The molecule has 0 fully saturated rings. The fraction of sp³-hybridized carbons (Fsp3) is 0.357. The van der Waals surface area contributed by atoms with E-state index >= 15 is 0 Å². The number of halogens is 1. The first kappa shape index (κ1) is 26.6. The molecule has 0 atom stereocenters. The maximum absolute atomic E-state index is 13.7. The highest BCUT2D eigenvalue weighted by Gasteiger charge is 2.21. The largest absolute Gasteiger partial charge is 0.385 e. The Morgan fingerprint density at radius 1 is 1.11 bits per heavy atom. The summed E-state index contributed by atoms with van der Waals surface area (Å²) in [7, 11) is 3.73. The van der Waals surface area contributed by atoms with E-state index in [2.05, 4.69) is 21.8 Å². The minimum atomic E-state index is -0.197. The predicted molar refractivity (Wildman–Crippen MR) is 150 cm³/mol. The smallest absolute Gasteiger partial charge is 0.273 e. The maximum atomic E-state index is 13.7. The summed E-state index contributed by atoms with van der Waals surface area (Å²) in [4.78, 5) is 25.0. The van der Waals surface area contributed by atoms with Crippen LogP contribution in [0.2, 0.25) is 5.02 Å². The van der Waals surface area contributed by atoms with Crippen LogP contribution in [0.15, 0.2) is 42.6 Å². The Morgan fingerprint density at radius 3 is 2.65 bits per heavy atom. The van der Waals surface area contributed by atoms with E-state index in [9.17, 15) is 4.79 Å². The van der Waals surface area contributed by atoms with Crippen molar-refractivity contribution in [1.82, 2.24) is 30.0 Å². The Balaban J connectivity index is 1.71. The molecule has 8 nitrogen and oxygen atoms in total. The van der Waals surface area contributed by atoms with E-state index in [1.54, 1.807) is 24.1 Å². The Hall–Kier alpha value is -3.49. The molecule has 0 radical (unpaired) electrons. The fourth-order valence-corrected chi connectivity index (χ4v) is 4.54. The fourth-order valence-electron chi connectivity index (χ4n) is 4.37. The number of amides is 1. The van der Waals surface area contributed by atoms with Gasteiger partial charge in [0, 0.05) is 59.6 Å². The maximum Gasteiger partial charge on any atom is 0.273 e. The monoisotopic (exact) mass is 519 g/mol. The molecule has 2 aromatic carbocycles. The zero-order valence-corrected chi connectivity index (χ0v) is 22.9. The van der Waals surface area contributed by atoms with Crippen molar-refractivity contribution in [2.24, 2.45) is 0 Å². The zero-order chi connectivity index (χ0) is 26.5. The third-order valence-electron chi connectivity index (χ3n) is 6.39. The van der Waals surface area contributed by atoms with Crippen LogP contribution in [0, 0.1) is 13.8 Å². The molecule has 4 aromatic rings. The van der Waals surface area contributed by atoms with Crippen LogP contribution in [0.25, 0.3) is 22.3 Å². The average molecular weight is 520 g/mol. The predicted octanol–water partition coefficient (Wildman–Crippen LogP) is 5.08. The molecule has 9 heteroatoms. The molecule has 2 N–H and O–H groups in total. The highest BCUT2D eigenvalue weighted by Crippen LogP contribution is 2.28. The first-order chi connectivity index (χ1) is 17.8. The van der Waals surface area contributed by atoms with Crippen LogP contribution in [-0.2, 0) is 13.1 Å². The number of benzene rings is 2. The molecule has 0 unspecified atom stereocenters. The van der Waals surface area contributed by atoms with E-state index in [1.807, 2.05) is 56.9 Å². The van der Waals surface area contributed by atoms with Gasteiger partial charge in [-0.15, -0.1) is 0 Å². The summed E-state index contributed by atoms with van der Waals surface area (Å²) in [6.07, 6.45) is 2.83. The number of nitrogens with one attached hydrogen (secondary N) is 2. The lowest BCUT2D eigenvalue weighted by Crippen LogP contribution is -2.27. The van der Waals surface area contributed by atoms with Crippen LogP contribution in [0.1, 0.15) is 40.7 Å². The van der Waals surface area contributed by atoms with Crippen molar-refractivity contribution in [1.29, 1.82) is 0 Å². The van der Waals surface area contributed by atoms with E-state index in [0.717, 1.165) is 54.1 Å². The van der Waals surface area contributed by atoms with Crippen molar-refractivity contribution in [2.45, 2.75) is 40.3 Å². The van der Waals surface area contributed by atoms with Gasteiger partial charge in [0.25, 0.3) is 5.91 Å². The van der Waals surface area contributed by atoms with Gasteiger partial charge in [-0.1, -0.05) is 11.6 Å². The Morgan fingerprint density at radius 2 is 1.92 bits per heavy atom. The molecule has 0 saturated heterocycles. The summed E-state index contributed by atoms with van der Waals surface area (Å²) in [5, 5.41) is 12.2. The lowest BCUT2D eigenvalue weighted by molar-refractivity contribution is 0.0781. The van der Waals surface area contributed by atoms with Crippen molar-refractivity contribution in [2.75, 3.05) is 32.5 Å². The average Bonchev–Trinajstić information content (AvgIpc) is 3.24. The van der Waals surface area contributed by atoms with E-state index in [1.165, 1.54) is 0 Å². The summed E-state index contributed by atoms with van der Waals surface area (Å²) in [5.41, 5.74) is 5.99. The highest BCUT2D eigenvalue weighted by atomic mass is 35.5. The summed E-state index contributed by atoms with van der Waals surface area (Å²) in [5.74, 6) is 0.307. The number of fused-ring (bicyclic) bond motifs is 1. The second kappa shape index (κ2) is 11.7. The topological polar surface area (TPSA) is 88.0 Å². The van der Waals surface area contributed by atoms with Gasteiger partial charge in [0.15, 0.2) is 5.82 Å². The molecule has 1 amide bonds. The second-order valence-electron chi connectivity index (χ2n) is 9.26. The first-order valence-corrected chi connectivity index (χ1v) is 12.9. The van der Waals surface area contributed by atoms with Gasteiger partial charge >= 0.3 is 0 Å². The molecule has 0 spiro atoms. The normalized spacial score (nSPS) is 11.2. The van der Waals surface area contributed by atoms with E-state index < -0.39 is 0 Å². The van der Waals surface area contributed by atoms with E-state index in [0.29, 0.717) is 34.0 Å². The standard InChI is InChI=1S/C28H34ClN7O/c1-6-36-19(3)21(16-32-36)17-35(5)28(37)26-24-15-22(29)8-9-25(24)33-27(34-26)20-12-18(2)13-23(14-20)31-11-7-10-30-4/h8-9,12-16,30-31H,6-7,10-11,17H2,1-5H3. The second-order valence-corrected chi connectivity index (χ2v) is 9.70. The molecule has 194 valence electrons. The number of carbonyl (C=O) groups is 1. The molecular weight excluding hydrogens is 486 g/mol. The van der Waals surface area contributed by atoms with Gasteiger partial charge in [0.1, 0.15) is 5.69 Å². The molecule has 0 saturated carbocycles. The SMILES string of the molecule is CCn1ncc(CN(C)C(=O)c2nc(-c3cc(C)cc(NCCCNC)c3)nc3ccc(Cl)cc23)c1C. The minimum Gasteiger partial charge on any atom is -0.385 e. The van der Waals surface area contributed by atoms with Crippen LogP contribution in [-0.4, -0.2) is 57.7 Å². The van der Waals surface area contributed by atoms with Crippen LogP contribution in [0.3, 0.4) is 0 Å². The molecule has 0 aliphatic carbocycles. The number of aryl methyl sites for hydroxylation is 2. The number of hydrogen-bond donors (Lipinski definition) is 2. The van der Waals surface area contributed by atoms with Gasteiger partial charge in [-0.2, -0.15) is 5.10 Å². The highest BCUT2D eigenvalue weighted by molar-refractivity contribution is 6.31. The van der Waals surface area contributed by atoms with Gasteiger partial charge in [0.05, 0.1) is 11.7 Å². The van der Waals surface area contributed by atoms with Crippen molar-refractivity contribution in [3.05, 3.63) is 70.1 Å². The summed E-state index contributed by atoms with van der Waals surface area (Å²) < 4.78 is 1.92. The summed E-state index contributed by atoms with van der Waals surface area (Å²) >= 11 is 6.31. The van der Waals surface area contributed by atoms with Gasteiger partial charge in [0.2, 0.25) is 0 Å². The minimum absolute atomic E-state index is 0.197. The Bertz CT molecular complexity index is 1420.